The Morgan fingerprint density at radius 1 is 0.967 bits per heavy atom. The Hall–Kier alpha value is -4.40. The SMILES string of the molecule is COc1ccc(-c2cc(C(=O)NNC(=O)c3ccn(-c4ccccc4)n3)[nH]n2)cc1. The van der Waals surface area contributed by atoms with E-state index in [1.165, 1.54) is 0 Å². The number of nitrogens with one attached hydrogen (secondary N) is 3. The molecule has 2 amide bonds. The molecule has 9 heteroatoms. The number of carbonyl (C=O) groups excluding carboxylic acids is 2. The lowest BCUT2D eigenvalue weighted by molar-refractivity contribution is 0.0841. The van der Waals surface area contributed by atoms with Crippen LogP contribution in [0.15, 0.2) is 72.9 Å². The lowest BCUT2D eigenvalue weighted by atomic mass is 10.1. The van der Waals surface area contributed by atoms with E-state index >= 15 is 0 Å². The summed E-state index contributed by atoms with van der Waals surface area (Å²) in [6, 6.07) is 19.8. The molecule has 0 unspecified atom stereocenters. The predicted molar refractivity (Wildman–Crippen MR) is 109 cm³/mol. The third-order valence-corrected chi connectivity index (χ3v) is 4.34. The molecule has 2 aromatic carbocycles. The van der Waals surface area contributed by atoms with Crippen LogP contribution in [0, 0.1) is 0 Å². The number of benzene rings is 2. The van der Waals surface area contributed by atoms with Gasteiger partial charge in [0.15, 0.2) is 5.69 Å². The molecule has 30 heavy (non-hydrogen) atoms. The normalized spacial score (nSPS) is 10.4. The van der Waals surface area contributed by atoms with E-state index in [0.717, 1.165) is 17.0 Å². The van der Waals surface area contributed by atoms with Gasteiger partial charge in [-0.05, 0) is 48.5 Å². The van der Waals surface area contributed by atoms with Crippen LogP contribution < -0.4 is 15.6 Å². The molecule has 3 N–H and O–H groups in total. The summed E-state index contributed by atoms with van der Waals surface area (Å²) in [5.41, 5.74) is 7.31. The largest absolute Gasteiger partial charge is 0.497 e. The highest BCUT2D eigenvalue weighted by atomic mass is 16.5. The highest BCUT2D eigenvalue weighted by molar-refractivity contribution is 5.97. The summed E-state index contributed by atoms with van der Waals surface area (Å²) in [4.78, 5) is 24.6. The molecule has 0 aliphatic rings. The average Bonchev–Trinajstić information content (AvgIpc) is 3.48. The van der Waals surface area contributed by atoms with Gasteiger partial charge in [0.05, 0.1) is 18.5 Å². The zero-order chi connectivity index (χ0) is 20.9. The van der Waals surface area contributed by atoms with Gasteiger partial charge in [-0.3, -0.25) is 25.5 Å². The van der Waals surface area contributed by atoms with Crippen molar-refractivity contribution in [2.24, 2.45) is 0 Å². The fraction of sp³-hybridized carbons (Fsp3) is 0.0476. The van der Waals surface area contributed by atoms with Gasteiger partial charge in [0.1, 0.15) is 11.4 Å². The van der Waals surface area contributed by atoms with Gasteiger partial charge in [-0.1, -0.05) is 18.2 Å². The zero-order valence-electron chi connectivity index (χ0n) is 16.0. The molecule has 0 bridgehead atoms. The highest BCUT2D eigenvalue weighted by Crippen LogP contribution is 2.21. The molecule has 150 valence electrons. The van der Waals surface area contributed by atoms with Crippen molar-refractivity contribution in [3.63, 3.8) is 0 Å². The molecule has 9 nitrogen and oxygen atoms in total. The standard InChI is InChI=1S/C21H18N6O3/c1-30-16-9-7-14(8-10-16)18-13-19(23-22-18)21(29)25-24-20(28)17-11-12-27(26-17)15-5-3-2-4-6-15/h2-13H,1H3,(H,22,23)(H,24,28)(H,25,29). The molecule has 0 saturated carbocycles. The van der Waals surface area contributed by atoms with Crippen LogP contribution in [0.25, 0.3) is 16.9 Å². The molecule has 0 radical (unpaired) electrons. The zero-order valence-corrected chi connectivity index (χ0v) is 16.0. The van der Waals surface area contributed by atoms with Crippen molar-refractivity contribution in [3.05, 3.63) is 84.3 Å². The molecule has 0 aliphatic carbocycles. The van der Waals surface area contributed by atoms with Crippen molar-refractivity contribution in [3.8, 4) is 22.7 Å². The number of aromatic nitrogens is 4. The number of ether oxygens (including phenoxy) is 1. The number of methoxy groups -OCH3 is 1. The summed E-state index contributed by atoms with van der Waals surface area (Å²) >= 11 is 0. The third kappa shape index (κ3) is 4.04. The Labute approximate surface area is 171 Å². The lowest BCUT2D eigenvalue weighted by Gasteiger charge is -2.04. The molecular formula is C21H18N6O3. The first kappa shape index (κ1) is 18.9. The van der Waals surface area contributed by atoms with Gasteiger partial charge in [0, 0.05) is 11.8 Å². The average molecular weight is 402 g/mol. The number of para-hydroxylation sites is 1. The summed E-state index contributed by atoms with van der Waals surface area (Å²) < 4.78 is 6.70. The number of amides is 2. The van der Waals surface area contributed by atoms with Crippen molar-refractivity contribution in [2.75, 3.05) is 7.11 Å². The second-order valence-corrected chi connectivity index (χ2v) is 6.28. The molecule has 0 atom stereocenters. The van der Waals surface area contributed by atoms with E-state index in [1.54, 1.807) is 42.3 Å². The molecule has 2 heterocycles. The van der Waals surface area contributed by atoms with Crippen LogP contribution in [0.5, 0.6) is 5.75 Å². The number of hydrogen-bond donors (Lipinski definition) is 3. The van der Waals surface area contributed by atoms with Gasteiger partial charge in [0.25, 0.3) is 11.8 Å². The Morgan fingerprint density at radius 2 is 1.70 bits per heavy atom. The van der Waals surface area contributed by atoms with Crippen molar-refractivity contribution in [2.45, 2.75) is 0 Å². The molecule has 4 aromatic rings. The van der Waals surface area contributed by atoms with Crippen molar-refractivity contribution in [1.82, 2.24) is 30.8 Å². The molecule has 0 aliphatic heterocycles. The number of H-pyrrole nitrogens is 1. The summed E-state index contributed by atoms with van der Waals surface area (Å²) in [6.07, 6.45) is 1.67. The third-order valence-electron chi connectivity index (χ3n) is 4.34. The number of hydrazine groups is 1. The van der Waals surface area contributed by atoms with Crippen LogP contribution in [0.2, 0.25) is 0 Å². The van der Waals surface area contributed by atoms with Crippen molar-refractivity contribution in [1.29, 1.82) is 0 Å². The fourth-order valence-electron chi connectivity index (χ4n) is 2.76. The maximum absolute atomic E-state index is 12.3. The lowest BCUT2D eigenvalue weighted by Crippen LogP contribution is -2.42. The van der Waals surface area contributed by atoms with Gasteiger partial charge in [-0.2, -0.15) is 10.2 Å². The summed E-state index contributed by atoms with van der Waals surface area (Å²) in [7, 11) is 1.59. The highest BCUT2D eigenvalue weighted by Gasteiger charge is 2.14. The first-order chi connectivity index (χ1) is 14.6. The minimum atomic E-state index is -0.534. The van der Waals surface area contributed by atoms with Crippen LogP contribution in [0.1, 0.15) is 21.0 Å². The predicted octanol–water partition coefficient (Wildman–Crippen LogP) is 2.35. The maximum Gasteiger partial charge on any atom is 0.290 e. The number of hydrogen-bond acceptors (Lipinski definition) is 5. The number of nitrogens with zero attached hydrogens (tertiary/aromatic N) is 3. The van der Waals surface area contributed by atoms with Crippen LogP contribution in [0.3, 0.4) is 0 Å². The topological polar surface area (TPSA) is 114 Å². The quantitative estimate of drug-likeness (QED) is 0.444. The Kier molecular flexibility index (Phi) is 5.25. The summed E-state index contributed by atoms with van der Waals surface area (Å²) in [6.45, 7) is 0. The van der Waals surface area contributed by atoms with Crippen LogP contribution >= 0.6 is 0 Å². The van der Waals surface area contributed by atoms with Crippen LogP contribution in [0.4, 0.5) is 0 Å². The smallest absolute Gasteiger partial charge is 0.290 e. The van der Waals surface area contributed by atoms with Gasteiger partial charge >= 0.3 is 0 Å². The van der Waals surface area contributed by atoms with Gasteiger partial charge in [0.2, 0.25) is 0 Å². The van der Waals surface area contributed by atoms with E-state index in [9.17, 15) is 9.59 Å². The van der Waals surface area contributed by atoms with E-state index in [1.807, 2.05) is 42.5 Å². The molecule has 0 spiro atoms. The van der Waals surface area contributed by atoms with Crippen LogP contribution in [-0.2, 0) is 0 Å². The monoisotopic (exact) mass is 402 g/mol. The van der Waals surface area contributed by atoms with Gasteiger partial charge < -0.3 is 4.74 Å². The maximum atomic E-state index is 12.3. The molecule has 0 fully saturated rings. The Balaban J connectivity index is 1.37. The molecule has 4 rings (SSSR count). The first-order valence-corrected chi connectivity index (χ1v) is 9.05. The fourth-order valence-corrected chi connectivity index (χ4v) is 2.76. The Bertz CT molecular complexity index is 1160. The van der Waals surface area contributed by atoms with E-state index < -0.39 is 11.8 Å². The molecule has 2 aromatic heterocycles. The molecule has 0 saturated heterocycles. The van der Waals surface area contributed by atoms with Crippen molar-refractivity contribution >= 4 is 11.8 Å². The minimum absolute atomic E-state index is 0.169. The van der Waals surface area contributed by atoms with E-state index in [4.69, 9.17) is 4.74 Å². The van der Waals surface area contributed by atoms with Crippen LogP contribution in [-0.4, -0.2) is 38.9 Å². The summed E-state index contributed by atoms with van der Waals surface area (Å²) in [5, 5.41) is 11.0. The van der Waals surface area contributed by atoms with Gasteiger partial charge in [-0.25, -0.2) is 4.68 Å². The Morgan fingerprint density at radius 3 is 2.43 bits per heavy atom. The van der Waals surface area contributed by atoms with E-state index in [-0.39, 0.29) is 11.4 Å². The number of carbonyl (C=O) groups is 2. The van der Waals surface area contributed by atoms with E-state index in [2.05, 4.69) is 26.1 Å². The minimum Gasteiger partial charge on any atom is -0.497 e. The summed E-state index contributed by atoms with van der Waals surface area (Å²) in [5.74, 6) is -0.337. The van der Waals surface area contributed by atoms with Gasteiger partial charge in [-0.15, -0.1) is 0 Å². The first-order valence-electron chi connectivity index (χ1n) is 9.05. The second-order valence-electron chi connectivity index (χ2n) is 6.28. The molecular weight excluding hydrogens is 384 g/mol. The number of aromatic amines is 1. The second kappa shape index (κ2) is 8.31. The number of rotatable bonds is 5. The van der Waals surface area contributed by atoms with E-state index in [0.29, 0.717) is 5.69 Å². The van der Waals surface area contributed by atoms with Crippen molar-refractivity contribution < 1.29 is 14.3 Å².